The molecule has 4 aromatic rings. The fourth-order valence-electron chi connectivity index (χ4n) is 3.64. The average molecular weight is 546 g/mol. The van der Waals surface area contributed by atoms with Crippen LogP contribution in [-0.4, -0.2) is 20.5 Å². The summed E-state index contributed by atoms with van der Waals surface area (Å²) in [5, 5.41) is 2.71. The molecule has 0 fully saturated rings. The quantitative estimate of drug-likeness (QED) is 0.194. The molecule has 1 N–H and O–H groups in total. The van der Waals surface area contributed by atoms with Crippen LogP contribution < -0.4 is 9.50 Å². The second-order valence-electron chi connectivity index (χ2n) is 8.53. The first-order chi connectivity index (χ1) is 18.9. The van der Waals surface area contributed by atoms with E-state index in [0.29, 0.717) is 5.56 Å². The smallest absolute Gasteiger partial charge is 0.407 e. The van der Waals surface area contributed by atoms with E-state index in [2.05, 4.69) is 5.32 Å². The zero-order valence-electron chi connectivity index (χ0n) is 20.9. The lowest BCUT2D eigenvalue weighted by molar-refractivity contribution is -0.145. The molecule has 4 rings (SSSR count). The molecular formula is C30H27NO7S. The van der Waals surface area contributed by atoms with E-state index < -0.39 is 28.2 Å². The molecule has 0 aliphatic heterocycles. The van der Waals surface area contributed by atoms with Crippen LogP contribution in [0, 0.1) is 0 Å². The van der Waals surface area contributed by atoms with Gasteiger partial charge in [-0.1, -0.05) is 91.0 Å². The fourth-order valence-corrected chi connectivity index (χ4v) is 4.59. The lowest BCUT2D eigenvalue weighted by atomic mass is 10.0. The van der Waals surface area contributed by atoms with Crippen LogP contribution in [0.1, 0.15) is 29.2 Å². The van der Waals surface area contributed by atoms with E-state index in [4.69, 9.17) is 13.7 Å². The Morgan fingerprint density at radius 2 is 1.18 bits per heavy atom. The third kappa shape index (κ3) is 8.44. The van der Waals surface area contributed by atoms with Gasteiger partial charge in [-0.15, -0.1) is 0 Å². The second kappa shape index (κ2) is 13.3. The van der Waals surface area contributed by atoms with Crippen molar-refractivity contribution < 1.29 is 31.7 Å². The number of ether oxygens (including phenoxy) is 2. The van der Waals surface area contributed by atoms with Gasteiger partial charge in [0.1, 0.15) is 23.9 Å². The SMILES string of the molecule is O=C(CC(NC(=O)OCc1ccccc1)c1ccc(OS(=O)(=O)c2ccccc2)cc1)OCc1ccccc1. The number of benzene rings is 4. The lowest BCUT2D eigenvalue weighted by Gasteiger charge is -2.19. The van der Waals surface area contributed by atoms with Crippen molar-refractivity contribution in [3.8, 4) is 5.75 Å². The lowest BCUT2D eigenvalue weighted by Crippen LogP contribution is -2.31. The number of rotatable bonds is 11. The summed E-state index contributed by atoms with van der Waals surface area (Å²) in [5.41, 5.74) is 2.18. The molecule has 0 saturated heterocycles. The highest BCUT2D eigenvalue weighted by molar-refractivity contribution is 7.87. The summed E-state index contributed by atoms with van der Waals surface area (Å²) in [5.74, 6) is -0.446. The van der Waals surface area contributed by atoms with Crippen molar-refractivity contribution in [2.24, 2.45) is 0 Å². The fraction of sp³-hybridized carbons (Fsp3) is 0.133. The van der Waals surface area contributed by atoms with Crippen molar-refractivity contribution in [2.45, 2.75) is 30.6 Å². The molecule has 0 bridgehead atoms. The Kier molecular flexibility index (Phi) is 9.31. The van der Waals surface area contributed by atoms with Gasteiger partial charge in [0, 0.05) is 0 Å². The Morgan fingerprint density at radius 3 is 1.74 bits per heavy atom. The van der Waals surface area contributed by atoms with Crippen molar-refractivity contribution in [1.29, 1.82) is 0 Å². The molecule has 200 valence electrons. The van der Waals surface area contributed by atoms with Crippen molar-refractivity contribution in [1.82, 2.24) is 5.32 Å². The third-order valence-electron chi connectivity index (χ3n) is 5.64. The molecule has 8 nitrogen and oxygen atoms in total. The van der Waals surface area contributed by atoms with Gasteiger partial charge in [0.25, 0.3) is 0 Å². The molecule has 0 radical (unpaired) electrons. The van der Waals surface area contributed by atoms with Crippen LogP contribution in [-0.2, 0) is 37.6 Å². The zero-order valence-corrected chi connectivity index (χ0v) is 21.8. The first kappa shape index (κ1) is 27.4. The summed E-state index contributed by atoms with van der Waals surface area (Å²) >= 11 is 0. The van der Waals surface area contributed by atoms with Gasteiger partial charge in [-0.3, -0.25) is 4.79 Å². The Labute approximate surface area is 227 Å². The van der Waals surface area contributed by atoms with E-state index >= 15 is 0 Å². The molecule has 0 spiro atoms. The van der Waals surface area contributed by atoms with Gasteiger partial charge in [-0.05, 0) is 41.0 Å². The minimum atomic E-state index is -4.02. The highest BCUT2D eigenvalue weighted by atomic mass is 32.2. The number of hydrogen-bond acceptors (Lipinski definition) is 7. The van der Waals surface area contributed by atoms with Crippen LogP contribution in [0.2, 0.25) is 0 Å². The topological polar surface area (TPSA) is 108 Å². The largest absolute Gasteiger partial charge is 0.461 e. The van der Waals surface area contributed by atoms with Gasteiger partial charge >= 0.3 is 22.2 Å². The molecule has 1 unspecified atom stereocenters. The normalized spacial score (nSPS) is 11.7. The van der Waals surface area contributed by atoms with Gasteiger partial charge in [-0.2, -0.15) is 8.42 Å². The Bertz CT molecular complexity index is 1400. The van der Waals surface area contributed by atoms with Crippen molar-refractivity contribution >= 4 is 22.2 Å². The molecule has 1 amide bonds. The summed E-state index contributed by atoms with van der Waals surface area (Å²) < 4.78 is 41.0. The molecule has 0 saturated carbocycles. The van der Waals surface area contributed by atoms with Crippen molar-refractivity contribution in [2.75, 3.05) is 0 Å². The Morgan fingerprint density at radius 1 is 0.667 bits per heavy atom. The van der Waals surface area contributed by atoms with Crippen LogP contribution in [0.5, 0.6) is 5.75 Å². The molecule has 0 aliphatic rings. The third-order valence-corrected chi connectivity index (χ3v) is 6.90. The van der Waals surface area contributed by atoms with Crippen molar-refractivity contribution in [3.63, 3.8) is 0 Å². The summed E-state index contributed by atoms with van der Waals surface area (Å²) in [7, 11) is -4.02. The number of carbonyl (C=O) groups excluding carboxylic acids is 2. The predicted octanol–water partition coefficient (Wildman–Crippen LogP) is 5.56. The van der Waals surface area contributed by atoms with Gasteiger partial charge in [0.15, 0.2) is 0 Å². The highest BCUT2D eigenvalue weighted by Crippen LogP contribution is 2.24. The molecule has 1 atom stereocenters. The number of hydrogen-bond donors (Lipinski definition) is 1. The van der Waals surface area contributed by atoms with E-state index in [1.165, 1.54) is 24.3 Å². The van der Waals surface area contributed by atoms with E-state index in [-0.39, 0.29) is 30.3 Å². The highest BCUT2D eigenvalue weighted by Gasteiger charge is 2.22. The molecule has 0 aliphatic carbocycles. The average Bonchev–Trinajstić information content (AvgIpc) is 2.96. The minimum Gasteiger partial charge on any atom is -0.461 e. The summed E-state index contributed by atoms with van der Waals surface area (Å²) in [4.78, 5) is 25.3. The van der Waals surface area contributed by atoms with Crippen LogP contribution in [0.4, 0.5) is 4.79 Å². The van der Waals surface area contributed by atoms with Gasteiger partial charge in [0.2, 0.25) is 0 Å². The van der Waals surface area contributed by atoms with E-state index in [1.54, 1.807) is 30.3 Å². The molecule has 9 heteroatoms. The summed E-state index contributed by atoms with van der Waals surface area (Å²) in [6.07, 6.45) is -0.887. The summed E-state index contributed by atoms with van der Waals surface area (Å²) in [6.45, 7) is 0.150. The number of esters is 1. The van der Waals surface area contributed by atoms with Crippen LogP contribution >= 0.6 is 0 Å². The molecular weight excluding hydrogens is 518 g/mol. The summed E-state index contributed by atoms with van der Waals surface area (Å²) in [6, 6.07) is 31.5. The Hall–Kier alpha value is -4.63. The predicted molar refractivity (Wildman–Crippen MR) is 144 cm³/mol. The maximum atomic E-state index is 12.7. The molecule has 39 heavy (non-hydrogen) atoms. The molecule has 0 aromatic heterocycles. The maximum Gasteiger partial charge on any atom is 0.407 e. The number of alkyl carbamates (subject to hydrolysis) is 1. The number of carbonyl (C=O) groups is 2. The second-order valence-corrected chi connectivity index (χ2v) is 10.1. The van der Waals surface area contributed by atoms with Crippen molar-refractivity contribution in [3.05, 3.63) is 132 Å². The monoisotopic (exact) mass is 545 g/mol. The number of amides is 1. The number of nitrogens with one attached hydrogen (secondary N) is 1. The van der Waals surface area contributed by atoms with Crippen LogP contribution in [0.3, 0.4) is 0 Å². The van der Waals surface area contributed by atoms with Crippen LogP contribution in [0.25, 0.3) is 0 Å². The Balaban J connectivity index is 1.44. The van der Waals surface area contributed by atoms with Gasteiger partial charge in [-0.25, -0.2) is 4.79 Å². The van der Waals surface area contributed by atoms with Crippen LogP contribution in [0.15, 0.2) is 120 Å². The standard InChI is InChI=1S/C30H27NO7S/c32-29(36-21-23-10-4-1-5-11-23)20-28(31-30(33)37-22-24-12-6-2-7-13-24)25-16-18-26(19-17-25)38-39(34,35)27-14-8-3-9-15-27/h1-19,28H,20-22H2,(H,31,33). The first-order valence-electron chi connectivity index (χ1n) is 12.2. The van der Waals surface area contributed by atoms with E-state index in [1.807, 2.05) is 60.7 Å². The van der Waals surface area contributed by atoms with Gasteiger partial charge in [0.05, 0.1) is 12.5 Å². The molecule has 4 aromatic carbocycles. The minimum absolute atomic E-state index is 0.0240. The zero-order chi connectivity index (χ0) is 27.5. The maximum absolute atomic E-state index is 12.7. The first-order valence-corrected chi connectivity index (χ1v) is 13.6. The van der Waals surface area contributed by atoms with E-state index in [0.717, 1.165) is 11.1 Å². The van der Waals surface area contributed by atoms with Gasteiger partial charge < -0.3 is 19.0 Å². The molecule has 0 heterocycles. The van der Waals surface area contributed by atoms with E-state index in [9.17, 15) is 18.0 Å².